The van der Waals surface area contributed by atoms with Crippen molar-refractivity contribution >= 4 is 33.0 Å². The maximum atomic E-state index is 13.0. The van der Waals surface area contributed by atoms with Crippen molar-refractivity contribution in [1.29, 1.82) is 0 Å². The van der Waals surface area contributed by atoms with Crippen molar-refractivity contribution < 1.29 is 17.3 Å². The summed E-state index contributed by atoms with van der Waals surface area (Å²) in [5.41, 5.74) is 1.04. The molecule has 0 spiro atoms. The Bertz CT molecular complexity index is 885. The number of aromatic nitrogens is 1. The first-order valence-corrected chi connectivity index (χ1v) is 9.88. The van der Waals surface area contributed by atoms with E-state index in [0.717, 1.165) is 0 Å². The second-order valence-corrected chi connectivity index (χ2v) is 8.24. The molecule has 0 unspecified atom stereocenters. The van der Waals surface area contributed by atoms with Gasteiger partial charge in [-0.2, -0.15) is 4.31 Å². The van der Waals surface area contributed by atoms with Gasteiger partial charge in [0.2, 0.25) is 10.0 Å². The number of thiocarbonyl (C=S) groups is 1. The van der Waals surface area contributed by atoms with Crippen LogP contribution in [0.1, 0.15) is 11.5 Å². The summed E-state index contributed by atoms with van der Waals surface area (Å²) in [6.45, 7) is 4.72. The van der Waals surface area contributed by atoms with Crippen molar-refractivity contribution in [3.63, 3.8) is 0 Å². The van der Waals surface area contributed by atoms with Crippen LogP contribution in [0.3, 0.4) is 0 Å². The smallest absolute Gasteiger partial charge is 0.248 e. The van der Waals surface area contributed by atoms with Crippen molar-refractivity contribution in [2.24, 2.45) is 0 Å². The average molecular weight is 398 g/mol. The number of nitrogens with one attached hydrogen (secondary N) is 1. The largest absolute Gasteiger partial charge is 0.360 e. The fourth-order valence-corrected chi connectivity index (χ4v) is 4.85. The van der Waals surface area contributed by atoms with Crippen LogP contribution < -0.4 is 5.32 Å². The molecule has 1 aliphatic rings. The summed E-state index contributed by atoms with van der Waals surface area (Å²) >= 11 is 5.37. The first-order valence-electron chi connectivity index (χ1n) is 8.03. The SMILES string of the molecule is Cc1noc(C)c1S(=O)(=O)N1CCN(C(=S)Nc2ccc(F)cc2)CC1. The van der Waals surface area contributed by atoms with Crippen LogP contribution in [0.2, 0.25) is 0 Å². The van der Waals surface area contributed by atoms with E-state index in [1.807, 2.05) is 4.90 Å². The van der Waals surface area contributed by atoms with Crippen molar-refractivity contribution in [3.05, 3.63) is 41.5 Å². The summed E-state index contributed by atoms with van der Waals surface area (Å²) in [5.74, 6) is -0.0296. The molecule has 3 rings (SSSR count). The van der Waals surface area contributed by atoms with E-state index < -0.39 is 10.0 Å². The molecule has 0 radical (unpaired) electrons. The van der Waals surface area contributed by atoms with E-state index in [9.17, 15) is 12.8 Å². The number of aryl methyl sites for hydroxylation is 2. The van der Waals surface area contributed by atoms with E-state index in [1.165, 1.54) is 16.4 Å². The molecule has 140 valence electrons. The van der Waals surface area contributed by atoms with E-state index in [1.54, 1.807) is 26.0 Å². The predicted octanol–water partition coefficient (Wildman–Crippen LogP) is 2.13. The Morgan fingerprint density at radius 2 is 1.81 bits per heavy atom. The van der Waals surface area contributed by atoms with Crippen molar-refractivity contribution in [3.8, 4) is 0 Å². The Kier molecular flexibility index (Phi) is 5.26. The highest BCUT2D eigenvalue weighted by Gasteiger charge is 2.33. The second-order valence-electron chi connectivity index (χ2n) is 5.98. The monoisotopic (exact) mass is 398 g/mol. The molecule has 10 heteroatoms. The van der Waals surface area contributed by atoms with Crippen LogP contribution in [0.4, 0.5) is 10.1 Å². The van der Waals surface area contributed by atoms with Crippen LogP contribution in [-0.4, -0.2) is 54.1 Å². The quantitative estimate of drug-likeness (QED) is 0.794. The van der Waals surface area contributed by atoms with E-state index in [-0.39, 0.29) is 10.7 Å². The minimum absolute atomic E-state index is 0.137. The lowest BCUT2D eigenvalue weighted by Crippen LogP contribution is -2.51. The van der Waals surface area contributed by atoms with Crippen molar-refractivity contribution in [2.75, 3.05) is 31.5 Å². The van der Waals surface area contributed by atoms with Gasteiger partial charge in [0, 0.05) is 31.9 Å². The van der Waals surface area contributed by atoms with Gasteiger partial charge in [-0.1, -0.05) is 5.16 Å². The maximum absolute atomic E-state index is 13.0. The van der Waals surface area contributed by atoms with Gasteiger partial charge in [0.15, 0.2) is 10.9 Å². The first kappa shape index (κ1) is 18.7. The zero-order chi connectivity index (χ0) is 18.9. The lowest BCUT2D eigenvalue weighted by Gasteiger charge is -2.35. The zero-order valence-electron chi connectivity index (χ0n) is 14.4. The lowest BCUT2D eigenvalue weighted by atomic mass is 10.3. The van der Waals surface area contributed by atoms with Gasteiger partial charge in [-0.15, -0.1) is 0 Å². The molecule has 1 aliphatic heterocycles. The number of rotatable bonds is 3. The van der Waals surface area contributed by atoms with Gasteiger partial charge in [-0.05, 0) is 50.3 Å². The minimum atomic E-state index is -3.65. The highest BCUT2D eigenvalue weighted by molar-refractivity contribution is 7.89. The van der Waals surface area contributed by atoms with Gasteiger partial charge in [0.25, 0.3) is 0 Å². The average Bonchev–Trinajstić information content (AvgIpc) is 2.96. The molecule has 1 saturated heterocycles. The number of halogens is 1. The van der Waals surface area contributed by atoms with Crippen LogP contribution in [0.25, 0.3) is 0 Å². The Morgan fingerprint density at radius 1 is 1.19 bits per heavy atom. The first-order chi connectivity index (χ1) is 12.3. The Hall–Kier alpha value is -2.04. The molecule has 0 bridgehead atoms. The topological polar surface area (TPSA) is 78.7 Å². The fourth-order valence-electron chi connectivity index (χ4n) is 2.84. The zero-order valence-corrected chi connectivity index (χ0v) is 16.0. The van der Waals surface area contributed by atoms with E-state index in [2.05, 4.69) is 10.5 Å². The minimum Gasteiger partial charge on any atom is -0.360 e. The van der Waals surface area contributed by atoms with Gasteiger partial charge in [0.05, 0.1) is 0 Å². The fraction of sp³-hybridized carbons (Fsp3) is 0.375. The number of benzene rings is 1. The molecule has 0 saturated carbocycles. The molecule has 2 aromatic rings. The third-order valence-corrected chi connectivity index (χ3v) is 6.69. The van der Waals surface area contributed by atoms with Crippen LogP contribution in [-0.2, 0) is 10.0 Å². The summed E-state index contributed by atoms with van der Waals surface area (Å²) < 4.78 is 45.0. The summed E-state index contributed by atoms with van der Waals surface area (Å²) in [6, 6.07) is 5.89. The Morgan fingerprint density at radius 3 is 2.35 bits per heavy atom. The Labute approximate surface area is 156 Å². The molecular formula is C16H19FN4O3S2. The molecule has 1 aromatic heterocycles. The van der Waals surface area contributed by atoms with Crippen molar-refractivity contribution in [1.82, 2.24) is 14.4 Å². The molecule has 1 N–H and O–H groups in total. The van der Waals surface area contributed by atoms with Gasteiger partial charge in [-0.3, -0.25) is 0 Å². The van der Waals surface area contributed by atoms with Gasteiger partial charge >= 0.3 is 0 Å². The number of nitrogens with zero attached hydrogens (tertiary/aromatic N) is 3. The summed E-state index contributed by atoms with van der Waals surface area (Å²) in [7, 11) is -3.65. The van der Waals surface area contributed by atoms with Crippen molar-refractivity contribution in [2.45, 2.75) is 18.7 Å². The van der Waals surface area contributed by atoms with Crippen LogP contribution in [0.5, 0.6) is 0 Å². The Balaban J connectivity index is 1.63. The molecule has 0 atom stereocenters. The van der Waals surface area contributed by atoms with Crippen LogP contribution >= 0.6 is 12.2 Å². The predicted molar refractivity (Wildman–Crippen MR) is 98.9 cm³/mol. The number of sulfonamides is 1. The van der Waals surface area contributed by atoms with Crippen LogP contribution in [0.15, 0.2) is 33.7 Å². The normalized spacial score (nSPS) is 15.9. The van der Waals surface area contributed by atoms with Gasteiger partial charge in [-0.25, -0.2) is 12.8 Å². The molecule has 1 aromatic carbocycles. The highest BCUT2D eigenvalue weighted by Crippen LogP contribution is 2.24. The molecule has 7 nitrogen and oxygen atoms in total. The molecule has 0 amide bonds. The second kappa shape index (κ2) is 7.29. The lowest BCUT2D eigenvalue weighted by molar-refractivity contribution is 0.268. The van der Waals surface area contributed by atoms with E-state index >= 15 is 0 Å². The molecular weight excluding hydrogens is 379 g/mol. The number of hydrogen-bond acceptors (Lipinski definition) is 5. The number of anilines is 1. The summed E-state index contributed by atoms with van der Waals surface area (Å²) in [5, 5.41) is 7.24. The van der Waals surface area contributed by atoms with Gasteiger partial charge in [0.1, 0.15) is 16.4 Å². The highest BCUT2D eigenvalue weighted by atomic mass is 32.2. The number of piperazine rings is 1. The third kappa shape index (κ3) is 3.71. The maximum Gasteiger partial charge on any atom is 0.248 e. The van der Waals surface area contributed by atoms with Gasteiger partial charge < -0.3 is 14.7 Å². The summed E-state index contributed by atoms with van der Waals surface area (Å²) in [6.07, 6.45) is 0. The molecule has 0 aliphatic carbocycles. The van der Waals surface area contributed by atoms with E-state index in [4.69, 9.17) is 16.7 Å². The molecule has 1 fully saturated rings. The number of hydrogen-bond donors (Lipinski definition) is 1. The standard InChI is InChI=1S/C16H19FN4O3S2/c1-11-15(12(2)24-19-11)26(22,23)21-9-7-20(8-10-21)16(25)18-14-5-3-13(17)4-6-14/h3-6H,7-10H2,1-2H3,(H,18,25). The third-order valence-electron chi connectivity index (χ3n) is 4.19. The summed E-state index contributed by atoms with van der Waals surface area (Å²) in [4.78, 5) is 2.02. The van der Waals surface area contributed by atoms with E-state index in [0.29, 0.717) is 48.4 Å². The molecule has 26 heavy (non-hydrogen) atoms. The van der Waals surface area contributed by atoms with Crippen LogP contribution in [0, 0.1) is 19.7 Å². The molecule has 2 heterocycles.